The number of aliphatic hydroxyl groups excluding tert-OH is 1. The molecule has 0 aromatic carbocycles. The fraction of sp³-hybridized carbons (Fsp3) is 0.583. The van der Waals surface area contributed by atoms with Crippen LogP contribution < -0.4 is 5.73 Å². The van der Waals surface area contributed by atoms with Crippen LogP contribution >= 0.6 is 23.6 Å². The number of thiophene rings is 1. The molecule has 0 amide bonds. The van der Waals surface area contributed by atoms with Crippen molar-refractivity contribution < 1.29 is 13.5 Å². The SMILES string of the molecule is NC(=S)c1ccc(S(=O)(=O)N2CC3CCC(O)C3C2)s1. The summed E-state index contributed by atoms with van der Waals surface area (Å²) in [5.74, 6) is 0.370. The number of thiocarbonyl (C=S) groups is 1. The zero-order chi connectivity index (χ0) is 14.5. The molecule has 3 N–H and O–H groups in total. The van der Waals surface area contributed by atoms with Crippen LogP contribution in [0.15, 0.2) is 16.3 Å². The van der Waals surface area contributed by atoms with Gasteiger partial charge in [-0.05, 0) is 30.9 Å². The molecule has 3 unspecified atom stereocenters. The molecule has 2 heterocycles. The molecule has 1 aromatic heterocycles. The minimum Gasteiger partial charge on any atom is -0.393 e. The second-order valence-corrected chi connectivity index (χ2v) is 9.06. The smallest absolute Gasteiger partial charge is 0.252 e. The topological polar surface area (TPSA) is 83.6 Å². The fourth-order valence-electron chi connectivity index (χ4n) is 3.11. The van der Waals surface area contributed by atoms with Gasteiger partial charge in [-0.25, -0.2) is 8.42 Å². The molecule has 1 saturated heterocycles. The third-order valence-electron chi connectivity index (χ3n) is 4.20. The highest BCUT2D eigenvalue weighted by Gasteiger charge is 2.46. The van der Waals surface area contributed by atoms with Gasteiger partial charge in [0.2, 0.25) is 0 Å². The molecule has 0 radical (unpaired) electrons. The summed E-state index contributed by atoms with van der Waals surface area (Å²) in [5, 5.41) is 9.88. The molecule has 1 aliphatic carbocycles. The molecule has 2 aliphatic rings. The highest BCUT2D eigenvalue weighted by atomic mass is 32.2. The average molecular weight is 332 g/mol. The Bertz CT molecular complexity index is 640. The molecule has 1 saturated carbocycles. The first-order valence-electron chi connectivity index (χ1n) is 6.47. The van der Waals surface area contributed by atoms with Crippen LogP contribution in [-0.4, -0.2) is 42.0 Å². The Labute approximate surface area is 127 Å². The van der Waals surface area contributed by atoms with Crippen LogP contribution in [0.25, 0.3) is 0 Å². The molecule has 3 atom stereocenters. The van der Waals surface area contributed by atoms with E-state index in [-0.39, 0.29) is 27.1 Å². The second-order valence-electron chi connectivity index (χ2n) is 5.37. The Morgan fingerprint density at radius 1 is 1.40 bits per heavy atom. The zero-order valence-corrected chi connectivity index (χ0v) is 13.2. The third kappa shape index (κ3) is 2.29. The number of nitrogens with two attached hydrogens (primary N) is 1. The van der Waals surface area contributed by atoms with E-state index in [1.165, 1.54) is 4.31 Å². The van der Waals surface area contributed by atoms with Crippen LogP contribution in [0.5, 0.6) is 0 Å². The van der Waals surface area contributed by atoms with Gasteiger partial charge in [-0.15, -0.1) is 11.3 Å². The van der Waals surface area contributed by atoms with Gasteiger partial charge in [-0.3, -0.25) is 0 Å². The molecule has 2 fully saturated rings. The Balaban J connectivity index is 1.84. The maximum absolute atomic E-state index is 12.6. The highest BCUT2D eigenvalue weighted by molar-refractivity contribution is 7.91. The van der Waals surface area contributed by atoms with E-state index in [1.807, 2.05) is 0 Å². The van der Waals surface area contributed by atoms with E-state index < -0.39 is 10.0 Å². The van der Waals surface area contributed by atoms with E-state index in [2.05, 4.69) is 0 Å². The van der Waals surface area contributed by atoms with Gasteiger partial charge in [0.15, 0.2) is 0 Å². The van der Waals surface area contributed by atoms with Gasteiger partial charge in [0.05, 0.1) is 11.0 Å². The Hall–Kier alpha value is -0.540. The molecule has 0 spiro atoms. The van der Waals surface area contributed by atoms with Crippen LogP contribution in [0.3, 0.4) is 0 Å². The maximum Gasteiger partial charge on any atom is 0.252 e. The maximum atomic E-state index is 12.6. The van der Waals surface area contributed by atoms with Crippen LogP contribution in [-0.2, 0) is 10.0 Å². The molecular weight excluding hydrogens is 316 g/mol. The number of rotatable bonds is 3. The Morgan fingerprint density at radius 3 is 2.75 bits per heavy atom. The van der Waals surface area contributed by atoms with Crippen molar-refractivity contribution in [2.75, 3.05) is 13.1 Å². The lowest BCUT2D eigenvalue weighted by molar-refractivity contribution is 0.129. The summed E-state index contributed by atoms with van der Waals surface area (Å²) in [6, 6.07) is 3.20. The van der Waals surface area contributed by atoms with Crippen molar-refractivity contribution in [1.82, 2.24) is 4.31 Å². The summed E-state index contributed by atoms with van der Waals surface area (Å²) in [5.41, 5.74) is 5.52. The van der Waals surface area contributed by atoms with Gasteiger partial charge in [-0.1, -0.05) is 12.2 Å². The molecule has 8 heteroatoms. The quantitative estimate of drug-likeness (QED) is 0.799. The predicted molar refractivity (Wildman–Crippen MR) is 81.2 cm³/mol. The van der Waals surface area contributed by atoms with E-state index in [0.29, 0.717) is 18.0 Å². The van der Waals surface area contributed by atoms with Crippen molar-refractivity contribution in [3.05, 3.63) is 17.0 Å². The minimum absolute atomic E-state index is 0.0831. The summed E-state index contributed by atoms with van der Waals surface area (Å²) >= 11 is 5.97. The van der Waals surface area contributed by atoms with Crippen molar-refractivity contribution in [3.63, 3.8) is 0 Å². The summed E-state index contributed by atoms with van der Waals surface area (Å²) < 4.78 is 26.9. The summed E-state index contributed by atoms with van der Waals surface area (Å²) in [4.78, 5) is 0.822. The minimum atomic E-state index is -3.49. The number of nitrogens with zero attached hydrogens (tertiary/aromatic N) is 1. The van der Waals surface area contributed by atoms with Gasteiger partial charge in [0.25, 0.3) is 10.0 Å². The summed E-state index contributed by atoms with van der Waals surface area (Å²) in [7, 11) is -3.49. The predicted octanol–water partition coefficient (Wildman–Crippen LogP) is 0.774. The molecule has 0 bridgehead atoms. The molecule has 1 aromatic rings. The van der Waals surface area contributed by atoms with E-state index in [0.717, 1.165) is 24.2 Å². The standard InChI is InChI=1S/C12H16N2O3S3/c13-12(18)10-3-4-11(19-10)20(16,17)14-5-7-1-2-9(15)8(7)6-14/h3-4,7-9,15H,1-2,5-6H2,(H2,13,18). The fourth-order valence-corrected chi connectivity index (χ4v) is 6.15. The van der Waals surface area contributed by atoms with Crippen LogP contribution in [0.1, 0.15) is 17.7 Å². The molecule has 3 rings (SSSR count). The van der Waals surface area contributed by atoms with Gasteiger partial charge >= 0.3 is 0 Å². The number of hydrogen-bond donors (Lipinski definition) is 2. The van der Waals surface area contributed by atoms with Crippen molar-refractivity contribution in [2.24, 2.45) is 17.6 Å². The first-order valence-corrected chi connectivity index (χ1v) is 9.14. The van der Waals surface area contributed by atoms with Crippen LogP contribution in [0.4, 0.5) is 0 Å². The molecule has 1 aliphatic heterocycles. The molecule has 5 nitrogen and oxygen atoms in total. The first kappa shape index (κ1) is 14.4. The van der Waals surface area contributed by atoms with E-state index in [1.54, 1.807) is 12.1 Å². The van der Waals surface area contributed by atoms with Crippen molar-refractivity contribution in [3.8, 4) is 0 Å². The number of sulfonamides is 1. The largest absolute Gasteiger partial charge is 0.393 e. The van der Waals surface area contributed by atoms with Crippen molar-refractivity contribution in [2.45, 2.75) is 23.2 Å². The molecular formula is C12H16N2O3S3. The van der Waals surface area contributed by atoms with Gasteiger partial charge in [0, 0.05) is 19.0 Å². The summed E-state index contributed by atoms with van der Waals surface area (Å²) in [6.07, 6.45) is 1.32. The van der Waals surface area contributed by atoms with Gasteiger partial charge in [-0.2, -0.15) is 4.31 Å². The van der Waals surface area contributed by atoms with E-state index in [9.17, 15) is 13.5 Å². The zero-order valence-electron chi connectivity index (χ0n) is 10.7. The van der Waals surface area contributed by atoms with Crippen molar-refractivity contribution in [1.29, 1.82) is 0 Å². The number of hydrogen-bond acceptors (Lipinski definition) is 5. The highest BCUT2D eigenvalue weighted by Crippen LogP contribution is 2.40. The van der Waals surface area contributed by atoms with Crippen LogP contribution in [0, 0.1) is 11.8 Å². The lowest BCUT2D eigenvalue weighted by Gasteiger charge is -2.17. The Kier molecular flexibility index (Phi) is 3.62. The average Bonchev–Trinajstić information content (AvgIpc) is 3.06. The Morgan fingerprint density at radius 2 is 2.15 bits per heavy atom. The van der Waals surface area contributed by atoms with E-state index >= 15 is 0 Å². The van der Waals surface area contributed by atoms with Gasteiger partial charge in [0.1, 0.15) is 9.20 Å². The van der Waals surface area contributed by atoms with E-state index in [4.69, 9.17) is 18.0 Å². The van der Waals surface area contributed by atoms with Gasteiger partial charge < -0.3 is 10.8 Å². The lowest BCUT2D eigenvalue weighted by atomic mass is 10.00. The summed E-state index contributed by atoms with van der Waals surface area (Å²) in [6.45, 7) is 0.916. The monoisotopic (exact) mass is 332 g/mol. The third-order valence-corrected chi connectivity index (χ3v) is 7.97. The van der Waals surface area contributed by atoms with Crippen molar-refractivity contribution >= 4 is 38.6 Å². The lowest BCUT2D eigenvalue weighted by Crippen LogP contribution is -2.30. The molecule has 20 heavy (non-hydrogen) atoms. The molecule has 110 valence electrons. The normalized spacial score (nSPS) is 30.6. The first-order chi connectivity index (χ1) is 9.39. The van der Waals surface area contributed by atoms with Crippen LogP contribution in [0.2, 0.25) is 0 Å². The number of fused-ring (bicyclic) bond motifs is 1. The second kappa shape index (κ2) is 5.03. The number of aliphatic hydroxyl groups is 1.